The molecule has 3 rings (SSSR count). The largest absolute Gasteiger partial charge is 0.497 e. The van der Waals surface area contributed by atoms with E-state index in [0.29, 0.717) is 18.0 Å². The average molecular weight is 340 g/mol. The number of para-hydroxylation sites is 2. The van der Waals surface area contributed by atoms with Gasteiger partial charge in [-0.05, 0) is 36.8 Å². The molecule has 1 unspecified atom stereocenters. The number of nitrogens with zero attached hydrogens (tertiary/aromatic N) is 1. The molecule has 0 fully saturated rings. The molecule has 0 saturated heterocycles. The highest BCUT2D eigenvalue weighted by Crippen LogP contribution is 2.33. The van der Waals surface area contributed by atoms with Crippen molar-refractivity contribution in [2.75, 3.05) is 18.6 Å². The Hall–Kier alpha value is -3.02. The van der Waals surface area contributed by atoms with E-state index < -0.39 is 6.10 Å². The van der Waals surface area contributed by atoms with Gasteiger partial charge in [0.2, 0.25) is 5.91 Å². The number of methoxy groups -OCH3 is 1. The van der Waals surface area contributed by atoms with E-state index in [1.807, 2.05) is 36.4 Å². The average Bonchev–Trinajstić information content (AvgIpc) is 2.64. The topological polar surface area (TPSA) is 67.9 Å². The van der Waals surface area contributed by atoms with Crippen molar-refractivity contribution < 1.29 is 19.1 Å². The molecule has 1 aliphatic heterocycles. The molecule has 1 heterocycles. The molecular formula is C19H20N2O4. The van der Waals surface area contributed by atoms with E-state index in [4.69, 9.17) is 9.47 Å². The van der Waals surface area contributed by atoms with Crippen LogP contribution in [0.1, 0.15) is 12.5 Å². The maximum Gasteiger partial charge on any atom is 0.268 e. The molecule has 0 spiro atoms. The van der Waals surface area contributed by atoms with Gasteiger partial charge < -0.3 is 14.8 Å². The molecule has 25 heavy (non-hydrogen) atoms. The maximum absolute atomic E-state index is 12.4. The van der Waals surface area contributed by atoms with Crippen LogP contribution >= 0.6 is 0 Å². The first-order valence-corrected chi connectivity index (χ1v) is 8.05. The molecule has 0 aromatic heterocycles. The van der Waals surface area contributed by atoms with Gasteiger partial charge in [-0.1, -0.05) is 24.3 Å². The summed E-state index contributed by atoms with van der Waals surface area (Å²) in [6, 6.07) is 14.7. The van der Waals surface area contributed by atoms with Crippen LogP contribution in [-0.2, 0) is 16.1 Å². The Balaban J connectivity index is 1.67. The lowest BCUT2D eigenvalue weighted by atomic mass is 10.2. The lowest BCUT2D eigenvalue weighted by Crippen LogP contribution is -2.48. The number of amides is 2. The third-order valence-electron chi connectivity index (χ3n) is 4.00. The Labute approximate surface area is 146 Å². The first-order chi connectivity index (χ1) is 12.1. The Bertz CT molecular complexity index is 790. The van der Waals surface area contributed by atoms with Crippen molar-refractivity contribution in [2.45, 2.75) is 19.6 Å². The van der Waals surface area contributed by atoms with E-state index in [9.17, 15) is 9.59 Å². The van der Waals surface area contributed by atoms with Gasteiger partial charge in [0.1, 0.15) is 18.0 Å². The van der Waals surface area contributed by atoms with Gasteiger partial charge in [0.15, 0.2) is 6.10 Å². The minimum absolute atomic E-state index is 0.0481. The summed E-state index contributed by atoms with van der Waals surface area (Å²) < 4.78 is 10.7. The number of benzene rings is 2. The third kappa shape index (κ3) is 3.74. The molecule has 0 bridgehead atoms. The van der Waals surface area contributed by atoms with Crippen molar-refractivity contribution in [2.24, 2.45) is 0 Å². The summed E-state index contributed by atoms with van der Waals surface area (Å²) in [6.45, 7) is 2.00. The summed E-state index contributed by atoms with van der Waals surface area (Å²) in [7, 11) is 1.60. The zero-order valence-electron chi connectivity index (χ0n) is 14.2. The van der Waals surface area contributed by atoms with Gasteiger partial charge in [0.25, 0.3) is 5.91 Å². The van der Waals surface area contributed by atoms with E-state index in [0.717, 1.165) is 11.3 Å². The Morgan fingerprint density at radius 3 is 2.84 bits per heavy atom. The highest BCUT2D eigenvalue weighted by Gasteiger charge is 2.32. The van der Waals surface area contributed by atoms with Gasteiger partial charge >= 0.3 is 0 Å². The Kier molecular flexibility index (Phi) is 4.88. The zero-order valence-corrected chi connectivity index (χ0v) is 14.2. The number of rotatable bonds is 5. The molecule has 0 radical (unpaired) electrons. The summed E-state index contributed by atoms with van der Waals surface area (Å²) in [6.07, 6.45) is -0.610. The molecular weight excluding hydrogens is 320 g/mol. The fourth-order valence-electron chi connectivity index (χ4n) is 2.70. The Morgan fingerprint density at radius 1 is 1.24 bits per heavy atom. The molecule has 0 aliphatic carbocycles. The number of ether oxygens (including phenoxy) is 2. The molecule has 1 aliphatic rings. The fourth-order valence-corrected chi connectivity index (χ4v) is 2.70. The van der Waals surface area contributed by atoms with Crippen molar-refractivity contribution in [1.29, 1.82) is 0 Å². The van der Waals surface area contributed by atoms with Gasteiger partial charge in [0.05, 0.1) is 12.8 Å². The molecule has 2 amide bonds. The van der Waals surface area contributed by atoms with Crippen LogP contribution in [0.15, 0.2) is 48.5 Å². The van der Waals surface area contributed by atoms with Gasteiger partial charge in [-0.3, -0.25) is 14.5 Å². The third-order valence-corrected chi connectivity index (χ3v) is 4.00. The van der Waals surface area contributed by atoms with E-state index in [1.165, 1.54) is 4.90 Å². The van der Waals surface area contributed by atoms with Crippen LogP contribution in [0, 0.1) is 0 Å². The second kappa shape index (κ2) is 7.25. The number of nitrogens with one attached hydrogen (secondary N) is 1. The molecule has 1 atom stereocenters. The van der Waals surface area contributed by atoms with Crippen LogP contribution < -0.4 is 19.7 Å². The van der Waals surface area contributed by atoms with E-state index in [1.54, 1.807) is 26.2 Å². The van der Waals surface area contributed by atoms with Crippen LogP contribution in [0.3, 0.4) is 0 Å². The summed E-state index contributed by atoms with van der Waals surface area (Å²) in [5.74, 6) is 0.878. The Morgan fingerprint density at radius 2 is 2.04 bits per heavy atom. The van der Waals surface area contributed by atoms with Crippen LogP contribution in [0.2, 0.25) is 0 Å². The van der Waals surface area contributed by atoms with E-state index in [-0.39, 0.29) is 18.4 Å². The van der Waals surface area contributed by atoms with Crippen molar-refractivity contribution in [3.05, 3.63) is 54.1 Å². The molecule has 2 aromatic carbocycles. The molecule has 6 heteroatoms. The van der Waals surface area contributed by atoms with Crippen molar-refractivity contribution >= 4 is 17.5 Å². The van der Waals surface area contributed by atoms with Crippen molar-refractivity contribution in [3.63, 3.8) is 0 Å². The summed E-state index contributed by atoms with van der Waals surface area (Å²) in [4.78, 5) is 26.2. The van der Waals surface area contributed by atoms with Crippen LogP contribution in [-0.4, -0.2) is 31.6 Å². The second-order valence-electron chi connectivity index (χ2n) is 5.78. The minimum atomic E-state index is -0.610. The number of carbonyl (C=O) groups is 2. The molecule has 1 N–H and O–H groups in total. The molecule has 130 valence electrons. The van der Waals surface area contributed by atoms with Gasteiger partial charge in [-0.2, -0.15) is 0 Å². The highest BCUT2D eigenvalue weighted by molar-refractivity contribution is 6.03. The number of anilines is 1. The number of carbonyl (C=O) groups excluding carboxylic acids is 2. The van der Waals surface area contributed by atoms with E-state index >= 15 is 0 Å². The lowest BCUT2D eigenvalue weighted by molar-refractivity contribution is -0.128. The van der Waals surface area contributed by atoms with Gasteiger partial charge in [0, 0.05) is 6.54 Å². The van der Waals surface area contributed by atoms with Crippen LogP contribution in [0.25, 0.3) is 0 Å². The van der Waals surface area contributed by atoms with Crippen molar-refractivity contribution in [1.82, 2.24) is 5.32 Å². The van der Waals surface area contributed by atoms with Crippen LogP contribution in [0.5, 0.6) is 11.5 Å². The van der Waals surface area contributed by atoms with E-state index in [2.05, 4.69) is 5.32 Å². The molecule has 2 aromatic rings. The number of hydrogen-bond donors (Lipinski definition) is 1. The predicted octanol–water partition coefficient (Wildman–Crippen LogP) is 2.13. The second-order valence-corrected chi connectivity index (χ2v) is 5.78. The van der Waals surface area contributed by atoms with Crippen LogP contribution in [0.4, 0.5) is 5.69 Å². The SMILES string of the molecule is COc1cccc(CNC(=O)CN2C(=O)C(C)Oc3ccccc32)c1. The van der Waals surface area contributed by atoms with Gasteiger partial charge in [-0.15, -0.1) is 0 Å². The monoisotopic (exact) mass is 340 g/mol. The fraction of sp³-hybridized carbons (Fsp3) is 0.263. The minimum Gasteiger partial charge on any atom is -0.497 e. The first-order valence-electron chi connectivity index (χ1n) is 8.05. The summed E-state index contributed by atoms with van der Waals surface area (Å²) >= 11 is 0. The summed E-state index contributed by atoms with van der Waals surface area (Å²) in [5, 5.41) is 2.83. The zero-order chi connectivity index (χ0) is 17.8. The highest BCUT2D eigenvalue weighted by atomic mass is 16.5. The quantitative estimate of drug-likeness (QED) is 0.905. The smallest absolute Gasteiger partial charge is 0.268 e. The molecule has 6 nitrogen and oxygen atoms in total. The standard InChI is InChI=1S/C19H20N2O4/c1-13-19(23)21(16-8-3-4-9-17(16)25-13)12-18(22)20-11-14-6-5-7-15(10-14)24-2/h3-10,13H,11-12H2,1-2H3,(H,20,22). The maximum atomic E-state index is 12.4. The number of fused-ring (bicyclic) bond motifs is 1. The summed E-state index contributed by atoms with van der Waals surface area (Å²) in [5.41, 5.74) is 1.54. The van der Waals surface area contributed by atoms with Crippen molar-refractivity contribution in [3.8, 4) is 11.5 Å². The molecule has 0 saturated carbocycles. The predicted molar refractivity (Wildman–Crippen MR) is 93.7 cm³/mol. The lowest BCUT2D eigenvalue weighted by Gasteiger charge is -2.32. The number of hydrogen-bond acceptors (Lipinski definition) is 4. The van der Waals surface area contributed by atoms with Gasteiger partial charge in [-0.25, -0.2) is 0 Å². The first kappa shape index (κ1) is 16.8. The normalized spacial score (nSPS) is 16.0.